The van der Waals surface area contributed by atoms with Crippen molar-refractivity contribution < 1.29 is 13.9 Å². The van der Waals surface area contributed by atoms with E-state index in [1.54, 1.807) is 6.07 Å². The highest BCUT2D eigenvalue weighted by Crippen LogP contribution is 2.16. The third kappa shape index (κ3) is 1.83. The molecule has 0 atom stereocenters. The average Bonchev–Trinajstić information content (AvgIpc) is 2.78. The Morgan fingerprint density at radius 2 is 2.33 bits per heavy atom. The molecule has 0 aliphatic carbocycles. The number of oxazole rings is 1. The third-order valence-electron chi connectivity index (χ3n) is 1.73. The van der Waals surface area contributed by atoms with Gasteiger partial charge in [-0.05, 0) is 6.07 Å². The number of esters is 1. The molecule has 0 amide bonds. The van der Waals surface area contributed by atoms with E-state index in [1.807, 2.05) is 0 Å². The first-order valence-corrected chi connectivity index (χ1v) is 4.12. The maximum absolute atomic E-state index is 11.1. The van der Waals surface area contributed by atoms with E-state index >= 15 is 0 Å². The van der Waals surface area contributed by atoms with Crippen LogP contribution in [-0.4, -0.2) is 28.3 Å². The van der Waals surface area contributed by atoms with Crippen molar-refractivity contribution in [1.29, 1.82) is 0 Å². The molecule has 0 spiro atoms. The summed E-state index contributed by atoms with van der Waals surface area (Å²) in [7, 11) is 1.28. The number of nitrogens with zero attached hydrogens (tertiary/aromatic N) is 3. The van der Waals surface area contributed by atoms with Crippen molar-refractivity contribution in [2.24, 2.45) is 0 Å². The lowest BCUT2D eigenvalue weighted by molar-refractivity contribution is 0.0594. The molecule has 0 aromatic carbocycles. The van der Waals surface area contributed by atoms with Gasteiger partial charge in [-0.3, -0.25) is 0 Å². The van der Waals surface area contributed by atoms with Gasteiger partial charge in [0.15, 0.2) is 5.69 Å². The minimum atomic E-state index is -0.535. The van der Waals surface area contributed by atoms with E-state index in [1.165, 1.54) is 25.8 Å². The predicted octanol–water partition coefficient (Wildman–Crippen LogP) is 0.918. The first-order chi connectivity index (χ1) is 7.31. The highest BCUT2D eigenvalue weighted by atomic mass is 16.5. The molecular formula is C9H7N3O3. The molecule has 15 heavy (non-hydrogen) atoms. The summed E-state index contributed by atoms with van der Waals surface area (Å²) in [5.74, 6) is -0.225. The van der Waals surface area contributed by atoms with Crippen molar-refractivity contribution in [1.82, 2.24) is 15.2 Å². The third-order valence-corrected chi connectivity index (χ3v) is 1.73. The highest BCUT2D eigenvalue weighted by Gasteiger charge is 2.13. The van der Waals surface area contributed by atoms with Crippen LogP contribution in [0.25, 0.3) is 11.5 Å². The molecule has 2 heterocycles. The molecule has 0 bridgehead atoms. The second-order valence-electron chi connectivity index (χ2n) is 2.66. The molecular weight excluding hydrogens is 198 g/mol. The van der Waals surface area contributed by atoms with Gasteiger partial charge in [-0.2, -0.15) is 10.2 Å². The quantitative estimate of drug-likeness (QED) is 0.678. The Hall–Kier alpha value is -2.24. The van der Waals surface area contributed by atoms with Gasteiger partial charge in [-0.25, -0.2) is 9.78 Å². The molecule has 0 saturated heterocycles. The summed E-state index contributed by atoms with van der Waals surface area (Å²) in [6, 6.07) is 1.68. The van der Waals surface area contributed by atoms with E-state index in [2.05, 4.69) is 19.9 Å². The number of hydrogen-bond acceptors (Lipinski definition) is 6. The SMILES string of the molecule is COC(=O)c1coc(-c2ccnnc2)n1. The molecule has 2 aromatic rings. The minimum Gasteiger partial charge on any atom is -0.464 e. The fourth-order valence-corrected chi connectivity index (χ4v) is 1.02. The highest BCUT2D eigenvalue weighted by molar-refractivity contribution is 5.87. The Morgan fingerprint density at radius 3 is 3.00 bits per heavy atom. The fraction of sp³-hybridized carbons (Fsp3) is 0.111. The Kier molecular flexibility index (Phi) is 2.40. The van der Waals surface area contributed by atoms with Crippen LogP contribution in [0.1, 0.15) is 10.5 Å². The van der Waals surface area contributed by atoms with Crippen LogP contribution in [0, 0.1) is 0 Å². The number of aromatic nitrogens is 3. The largest absolute Gasteiger partial charge is 0.464 e. The van der Waals surface area contributed by atoms with Crippen LogP contribution in [0.2, 0.25) is 0 Å². The molecule has 0 fully saturated rings. The molecule has 2 aromatic heterocycles. The van der Waals surface area contributed by atoms with Gasteiger partial charge >= 0.3 is 5.97 Å². The predicted molar refractivity (Wildman–Crippen MR) is 48.9 cm³/mol. The summed E-state index contributed by atoms with van der Waals surface area (Å²) in [6.45, 7) is 0. The molecule has 0 saturated carbocycles. The Bertz CT molecular complexity index is 466. The molecule has 0 radical (unpaired) electrons. The molecule has 76 valence electrons. The smallest absolute Gasteiger partial charge is 0.360 e. The number of hydrogen-bond donors (Lipinski definition) is 0. The lowest BCUT2D eigenvalue weighted by atomic mass is 10.3. The van der Waals surface area contributed by atoms with Gasteiger partial charge in [-0.1, -0.05) is 0 Å². The monoisotopic (exact) mass is 205 g/mol. The maximum Gasteiger partial charge on any atom is 0.360 e. The Morgan fingerprint density at radius 1 is 1.47 bits per heavy atom. The minimum absolute atomic E-state index is 0.129. The Balaban J connectivity index is 2.32. The zero-order valence-corrected chi connectivity index (χ0v) is 7.88. The molecule has 0 aliphatic heterocycles. The molecule has 6 heteroatoms. The Labute approximate surface area is 84.9 Å². The summed E-state index contributed by atoms with van der Waals surface area (Å²) >= 11 is 0. The second-order valence-corrected chi connectivity index (χ2v) is 2.66. The second kappa shape index (κ2) is 3.87. The van der Waals surface area contributed by atoms with Gasteiger partial charge in [-0.15, -0.1) is 0 Å². The van der Waals surface area contributed by atoms with Crippen molar-refractivity contribution in [3.63, 3.8) is 0 Å². The van der Waals surface area contributed by atoms with Crippen molar-refractivity contribution >= 4 is 5.97 Å². The lowest BCUT2D eigenvalue weighted by Crippen LogP contribution is -2.00. The van der Waals surface area contributed by atoms with Crippen LogP contribution in [0.3, 0.4) is 0 Å². The molecule has 0 aliphatic rings. The van der Waals surface area contributed by atoms with Crippen LogP contribution < -0.4 is 0 Å². The van der Waals surface area contributed by atoms with Gasteiger partial charge in [0.25, 0.3) is 0 Å². The van der Waals surface area contributed by atoms with Crippen molar-refractivity contribution in [2.75, 3.05) is 7.11 Å². The number of carbonyl (C=O) groups is 1. The van der Waals surface area contributed by atoms with Crippen molar-refractivity contribution in [3.05, 3.63) is 30.4 Å². The summed E-state index contributed by atoms with van der Waals surface area (Å²) < 4.78 is 9.59. The molecule has 0 N–H and O–H groups in total. The number of carbonyl (C=O) groups excluding carboxylic acids is 1. The van der Waals surface area contributed by atoms with Crippen LogP contribution in [0.4, 0.5) is 0 Å². The van der Waals surface area contributed by atoms with E-state index in [4.69, 9.17) is 4.42 Å². The summed E-state index contributed by atoms with van der Waals surface area (Å²) in [5, 5.41) is 7.29. The normalized spacial score (nSPS) is 9.93. The topological polar surface area (TPSA) is 78.1 Å². The van der Waals surface area contributed by atoms with Crippen LogP contribution in [-0.2, 0) is 4.74 Å². The summed E-state index contributed by atoms with van der Waals surface area (Å²) in [5.41, 5.74) is 0.782. The van der Waals surface area contributed by atoms with Gasteiger partial charge in [0.05, 0.1) is 25.1 Å². The number of rotatable bonds is 2. The number of methoxy groups -OCH3 is 1. The fourth-order valence-electron chi connectivity index (χ4n) is 1.02. The lowest BCUT2D eigenvalue weighted by Gasteiger charge is -1.91. The zero-order valence-electron chi connectivity index (χ0n) is 7.88. The first kappa shape index (κ1) is 9.32. The van der Waals surface area contributed by atoms with Gasteiger partial charge in [0.1, 0.15) is 6.26 Å². The standard InChI is InChI=1S/C9H7N3O3/c1-14-9(13)7-5-15-8(12-7)6-2-3-10-11-4-6/h2-5H,1H3. The number of ether oxygens (including phenoxy) is 1. The van der Waals surface area contributed by atoms with Crippen LogP contribution in [0.5, 0.6) is 0 Å². The molecule has 2 rings (SSSR count). The summed E-state index contributed by atoms with van der Waals surface area (Å²) in [6.07, 6.45) is 4.24. The van der Waals surface area contributed by atoms with E-state index in [9.17, 15) is 4.79 Å². The van der Waals surface area contributed by atoms with E-state index < -0.39 is 5.97 Å². The van der Waals surface area contributed by atoms with Gasteiger partial charge < -0.3 is 9.15 Å². The summed E-state index contributed by atoms with van der Waals surface area (Å²) in [4.78, 5) is 15.0. The van der Waals surface area contributed by atoms with Gasteiger partial charge in [0.2, 0.25) is 5.89 Å². The van der Waals surface area contributed by atoms with Gasteiger partial charge in [0, 0.05) is 0 Å². The van der Waals surface area contributed by atoms with E-state index in [-0.39, 0.29) is 5.69 Å². The molecule has 0 unspecified atom stereocenters. The van der Waals surface area contributed by atoms with Crippen LogP contribution in [0.15, 0.2) is 29.1 Å². The maximum atomic E-state index is 11.1. The van der Waals surface area contributed by atoms with Crippen molar-refractivity contribution in [2.45, 2.75) is 0 Å². The average molecular weight is 205 g/mol. The first-order valence-electron chi connectivity index (χ1n) is 4.12. The van der Waals surface area contributed by atoms with Crippen molar-refractivity contribution in [3.8, 4) is 11.5 Å². The van der Waals surface area contributed by atoms with Crippen LogP contribution >= 0.6 is 0 Å². The molecule has 6 nitrogen and oxygen atoms in total. The van der Waals surface area contributed by atoms with E-state index in [0.717, 1.165) is 0 Å². The van der Waals surface area contributed by atoms with E-state index in [0.29, 0.717) is 11.5 Å². The zero-order chi connectivity index (χ0) is 10.7.